The molecule has 0 radical (unpaired) electrons. The van der Waals surface area contributed by atoms with Crippen molar-refractivity contribution in [3.63, 3.8) is 0 Å². The van der Waals surface area contributed by atoms with E-state index >= 15 is 0 Å². The lowest BCUT2D eigenvalue weighted by molar-refractivity contribution is -0.135. The molecule has 2 aromatic rings. The smallest absolute Gasteiger partial charge is 0.310 e. The lowest BCUT2D eigenvalue weighted by atomic mass is 10.1. The number of aryl methyl sites for hydroxylation is 2. The summed E-state index contributed by atoms with van der Waals surface area (Å²) in [6, 6.07) is 15.5. The summed E-state index contributed by atoms with van der Waals surface area (Å²) in [7, 11) is 0. The average molecular weight is 519 g/mol. The van der Waals surface area contributed by atoms with E-state index in [9.17, 15) is 9.59 Å². The number of unbranched alkanes of at least 4 members (excludes halogenated alkanes) is 4. The van der Waals surface area contributed by atoms with Gasteiger partial charge in [0, 0.05) is 25.7 Å². The van der Waals surface area contributed by atoms with Crippen molar-refractivity contribution in [2.45, 2.75) is 78.1 Å². The minimum absolute atomic E-state index is 0.199. The number of hydrogen-bond donors (Lipinski definition) is 0. The topological polar surface area (TPSA) is 52.6 Å². The Morgan fingerprint density at radius 3 is 1.51 bits per heavy atom. The highest BCUT2D eigenvalue weighted by molar-refractivity contribution is 7.99. The number of esters is 2. The number of thioether (sulfide) groups is 1. The molecule has 4 nitrogen and oxygen atoms in total. The molecule has 0 aliphatic rings. The Hall–Kier alpha value is -3.15. The molecule has 196 valence electrons. The van der Waals surface area contributed by atoms with Crippen molar-refractivity contribution >= 4 is 23.7 Å². The summed E-state index contributed by atoms with van der Waals surface area (Å²) in [4.78, 5) is 23.1. The Kier molecular flexibility index (Phi) is 15.5. The molecule has 0 bridgehead atoms. The summed E-state index contributed by atoms with van der Waals surface area (Å²) in [6.45, 7) is 3.60. The molecule has 5 heteroatoms. The van der Waals surface area contributed by atoms with E-state index in [-0.39, 0.29) is 11.9 Å². The molecule has 0 aliphatic heterocycles. The van der Waals surface area contributed by atoms with Gasteiger partial charge in [0.25, 0.3) is 0 Å². The average Bonchev–Trinajstić information content (AvgIpc) is 2.92. The quantitative estimate of drug-likeness (QED) is 0.115. The number of carbonyl (C=O) groups is 2. The first-order valence-electron chi connectivity index (χ1n) is 13.2. The molecule has 0 saturated carbocycles. The Labute approximate surface area is 226 Å². The zero-order chi connectivity index (χ0) is 26.6. The maximum atomic E-state index is 11.6. The fourth-order valence-electron chi connectivity index (χ4n) is 3.50. The van der Waals surface area contributed by atoms with Gasteiger partial charge in [-0.1, -0.05) is 62.1 Å². The van der Waals surface area contributed by atoms with Crippen LogP contribution in [0.5, 0.6) is 11.5 Å². The predicted molar refractivity (Wildman–Crippen MR) is 153 cm³/mol. The molecular weight excluding hydrogens is 480 g/mol. The van der Waals surface area contributed by atoms with Gasteiger partial charge in [0.2, 0.25) is 0 Å². The standard InChI is InChI=1S/C32H38O4S/c1-3-31(33)35-29-23-15-13-21-27(29)19-11-7-5-9-17-25-37-26-18-10-6-8-12-20-28-22-14-16-24-30(28)36-32(34)4-2/h13-16,21-24H,3-8,11-12,19-20,25-26H2,1-2H3. The third-order valence-corrected chi connectivity index (χ3v) is 6.26. The van der Waals surface area contributed by atoms with Gasteiger partial charge in [0.1, 0.15) is 11.5 Å². The highest BCUT2D eigenvalue weighted by Gasteiger charge is 2.07. The molecule has 0 spiro atoms. The van der Waals surface area contributed by atoms with Crippen molar-refractivity contribution in [1.82, 2.24) is 0 Å². The number of benzene rings is 2. The number of hydrogen-bond acceptors (Lipinski definition) is 5. The van der Waals surface area contributed by atoms with E-state index in [2.05, 4.69) is 23.7 Å². The molecule has 0 fully saturated rings. The van der Waals surface area contributed by atoms with E-state index in [0.29, 0.717) is 24.3 Å². The Morgan fingerprint density at radius 1 is 0.649 bits per heavy atom. The lowest BCUT2D eigenvalue weighted by Crippen LogP contribution is -2.07. The number of ether oxygens (including phenoxy) is 2. The largest absolute Gasteiger partial charge is 0.426 e. The molecule has 0 aromatic heterocycles. The minimum atomic E-state index is -0.199. The first-order chi connectivity index (χ1) is 18.1. The van der Waals surface area contributed by atoms with E-state index < -0.39 is 0 Å². The minimum Gasteiger partial charge on any atom is -0.426 e. The second-order valence-corrected chi connectivity index (χ2v) is 9.47. The summed E-state index contributed by atoms with van der Waals surface area (Å²) in [5.74, 6) is 15.5. The number of carbonyl (C=O) groups excluding carboxylic acids is 2. The van der Waals surface area contributed by atoms with Crippen LogP contribution >= 0.6 is 11.8 Å². The van der Waals surface area contributed by atoms with Gasteiger partial charge in [-0.25, -0.2) is 0 Å². The van der Waals surface area contributed by atoms with E-state index in [1.807, 2.05) is 48.5 Å². The van der Waals surface area contributed by atoms with Crippen molar-refractivity contribution in [1.29, 1.82) is 0 Å². The maximum Gasteiger partial charge on any atom is 0.310 e. The van der Waals surface area contributed by atoms with Crippen LogP contribution < -0.4 is 9.47 Å². The number of rotatable bonds is 14. The molecule has 0 heterocycles. The summed E-state index contributed by atoms with van der Waals surface area (Å²) in [5, 5.41) is 0. The summed E-state index contributed by atoms with van der Waals surface area (Å²) in [5.41, 5.74) is 2.15. The maximum absolute atomic E-state index is 11.6. The fourth-order valence-corrected chi connectivity index (χ4v) is 4.01. The molecule has 2 aromatic carbocycles. The molecule has 37 heavy (non-hydrogen) atoms. The molecule has 0 atom stereocenters. The van der Waals surface area contributed by atoms with Crippen LogP contribution in [0, 0.1) is 23.7 Å². The van der Waals surface area contributed by atoms with E-state index in [0.717, 1.165) is 74.0 Å². The van der Waals surface area contributed by atoms with Crippen LogP contribution in [-0.2, 0) is 22.4 Å². The summed E-state index contributed by atoms with van der Waals surface area (Å²) >= 11 is 1.75. The Balaban J connectivity index is 1.52. The van der Waals surface area contributed by atoms with Gasteiger partial charge >= 0.3 is 11.9 Å². The molecule has 0 unspecified atom stereocenters. The second kappa shape index (κ2) is 19.0. The summed E-state index contributed by atoms with van der Waals surface area (Å²) in [6.07, 6.45) is 8.38. The van der Waals surface area contributed by atoms with Crippen LogP contribution in [0.2, 0.25) is 0 Å². The van der Waals surface area contributed by atoms with Crippen LogP contribution in [0.4, 0.5) is 0 Å². The van der Waals surface area contributed by atoms with Crippen LogP contribution in [0.25, 0.3) is 0 Å². The molecule has 0 aliphatic carbocycles. The lowest BCUT2D eigenvalue weighted by Gasteiger charge is -2.08. The molecular formula is C32H38O4S. The predicted octanol–water partition coefficient (Wildman–Crippen LogP) is 7.18. The monoisotopic (exact) mass is 518 g/mol. The zero-order valence-electron chi connectivity index (χ0n) is 22.1. The third kappa shape index (κ3) is 13.1. The Bertz CT molecular complexity index is 1010. The molecule has 0 amide bonds. The molecule has 0 saturated heterocycles. The van der Waals surface area contributed by atoms with Crippen molar-refractivity contribution in [2.24, 2.45) is 0 Å². The van der Waals surface area contributed by atoms with E-state index in [1.165, 1.54) is 0 Å². The summed E-state index contributed by atoms with van der Waals surface area (Å²) < 4.78 is 10.8. The highest BCUT2D eigenvalue weighted by atomic mass is 32.2. The first kappa shape index (κ1) is 30.1. The fraction of sp³-hybridized carbons (Fsp3) is 0.438. The third-order valence-electron chi connectivity index (χ3n) is 5.56. The van der Waals surface area contributed by atoms with Gasteiger partial charge in [0.05, 0.1) is 11.5 Å². The van der Waals surface area contributed by atoms with Gasteiger partial charge in [-0.3, -0.25) is 9.59 Å². The zero-order valence-corrected chi connectivity index (χ0v) is 23.0. The first-order valence-corrected chi connectivity index (χ1v) is 14.4. The number of para-hydroxylation sites is 2. The highest BCUT2D eigenvalue weighted by Crippen LogP contribution is 2.22. The van der Waals surface area contributed by atoms with Gasteiger partial charge in [0.15, 0.2) is 0 Å². The Morgan fingerprint density at radius 2 is 1.08 bits per heavy atom. The normalized spacial score (nSPS) is 10.0. The van der Waals surface area contributed by atoms with Crippen molar-refractivity contribution in [3.8, 4) is 35.2 Å². The van der Waals surface area contributed by atoms with Crippen LogP contribution in [0.1, 0.15) is 76.3 Å². The van der Waals surface area contributed by atoms with Gasteiger partial charge in [-0.2, -0.15) is 0 Å². The molecule has 2 rings (SSSR count). The van der Waals surface area contributed by atoms with Crippen LogP contribution in [0.15, 0.2) is 48.5 Å². The van der Waals surface area contributed by atoms with E-state index in [1.54, 1.807) is 25.6 Å². The van der Waals surface area contributed by atoms with Crippen molar-refractivity contribution in [3.05, 3.63) is 59.7 Å². The van der Waals surface area contributed by atoms with Crippen molar-refractivity contribution < 1.29 is 19.1 Å². The van der Waals surface area contributed by atoms with E-state index in [4.69, 9.17) is 9.47 Å². The van der Waals surface area contributed by atoms with Crippen LogP contribution in [0.3, 0.4) is 0 Å². The van der Waals surface area contributed by atoms with Gasteiger partial charge in [-0.15, -0.1) is 23.6 Å². The second-order valence-electron chi connectivity index (χ2n) is 8.48. The molecule has 0 N–H and O–H groups in total. The van der Waals surface area contributed by atoms with Crippen LogP contribution in [-0.4, -0.2) is 23.4 Å². The SMILES string of the molecule is CCC(=O)Oc1ccccc1CCCCC#CCSCC#CCCCCc1ccccc1OC(=O)CC. The van der Waals surface area contributed by atoms with Gasteiger partial charge in [-0.05, 0) is 61.8 Å². The van der Waals surface area contributed by atoms with Gasteiger partial charge < -0.3 is 9.47 Å². The van der Waals surface area contributed by atoms with Crippen molar-refractivity contribution in [2.75, 3.05) is 11.5 Å².